The number of sulfonamides is 1. The lowest BCUT2D eigenvalue weighted by Gasteiger charge is -2.34. The van der Waals surface area contributed by atoms with Crippen LogP contribution >= 0.6 is 11.3 Å². The minimum Gasteiger partial charge on any atom is -0.494 e. The van der Waals surface area contributed by atoms with Crippen molar-refractivity contribution >= 4 is 27.3 Å². The fraction of sp³-hybridized carbons (Fsp3) is 0.583. The predicted molar refractivity (Wildman–Crippen MR) is 76.5 cm³/mol. The van der Waals surface area contributed by atoms with Gasteiger partial charge >= 0.3 is 0 Å². The zero-order valence-electron chi connectivity index (χ0n) is 11.7. The van der Waals surface area contributed by atoms with Crippen LogP contribution in [0.1, 0.15) is 12.8 Å². The van der Waals surface area contributed by atoms with Gasteiger partial charge < -0.3 is 9.64 Å². The van der Waals surface area contributed by atoms with Gasteiger partial charge in [-0.05, 0) is 17.9 Å². The summed E-state index contributed by atoms with van der Waals surface area (Å²) in [5.74, 6) is 0.419. The number of nitrogens with zero attached hydrogens (tertiary/aromatic N) is 2. The van der Waals surface area contributed by atoms with E-state index in [2.05, 4.69) is 0 Å². The van der Waals surface area contributed by atoms with E-state index >= 15 is 0 Å². The van der Waals surface area contributed by atoms with Crippen LogP contribution in [0.5, 0.6) is 5.75 Å². The smallest absolute Gasteiger partial charge is 0.256 e. The molecule has 0 spiro atoms. The van der Waals surface area contributed by atoms with Crippen molar-refractivity contribution < 1.29 is 17.9 Å². The molecule has 0 bridgehead atoms. The molecule has 1 saturated heterocycles. The van der Waals surface area contributed by atoms with Gasteiger partial charge in [0.05, 0.1) is 7.11 Å². The molecule has 1 aromatic heterocycles. The Morgan fingerprint density at radius 3 is 2.80 bits per heavy atom. The molecular formula is C12H18N2O4S2. The number of carbonyl (C=O) groups is 1. The van der Waals surface area contributed by atoms with Gasteiger partial charge in [-0.25, -0.2) is 8.42 Å². The second-order valence-electron chi connectivity index (χ2n) is 4.76. The molecule has 2 rings (SSSR count). The largest absolute Gasteiger partial charge is 0.494 e. The maximum absolute atomic E-state index is 12.6. The number of methoxy groups -OCH3 is 1. The number of rotatable bonds is 4. The number of hydrogen-bond donors (Lipinski definition) is 0. The zero-order valence-corrected chi connectivity index (χ0v) is 13.3. The van der Waals surface area contributed by atoms with Crippen LogP contribution in [0, 0.1) is 0 Å². The maximum Gasteiger partial charge on any atom is 0.256 e. The monoisotopic (exact) mass is 318 g/mol. The molecule has 6 nitrogen and oxygen atoms in total. The van der Waals surface area contributed by atoms with Crippen LogP contribution in [0.4, 0.5) is 0 Å². The lowest BCUT2D eigenvalue weighted by atomic mass is 10.1. The molecule has 0 saturated carbocycles. The highest BCUT2D eigenvalue weighted by Gasteiger charge is 2.35. The first-order valence-electron chi connectivity index (χ1n) is 6.21. The van der Waals surface area contributed by atoms with E-state index in [1.54, 1.807) is 30.4 Å². The maximum atomic E-state index is 12.6. The molecule has 1 aliphatic rings. The molecular weight excluding hydrogens is 300 g/mol. The molecule has 1 atom stereocenters. The van der Waals surface area contributed by atoms with Gasteiger partial charge in [-0.15, -0.1) is 11.3 Å². The lowest BCUT2D eigenvalue weighted by molar-refractivity contribution is -0.133. The summed E-state index contributed by atoms with van der Waals surface area (Å²) >= 11 is 1.14. The summed E-state index contributed by atoms with van der Waals surface area (Å²) in [4.78, 5) is 13.1. The number of piperidine rings is 1. The SMILES string of the molecule is COc1ccsc1S(=O)(=O)N(C)C1CCC(=O)N(C)C1. The summed E-state index contributed by atoms with van der Waals surface area (Å²) in [7, 11) is 1.12. The Labute approximate surface area is 123 Å². The quantitative estimate of drug-likeness (QED) is 0.830. The highest BCUT2D eigenvalue weighted by atomic mass is 32.2. The van der Waals surface area contributed by atoms with Crippen molar-refractivity contribution in [3.8, 4) is 5.75 Å². The number of likely N-dealkylation sites (tertiary alicyclic amines) is 1. The van der Waals surface area contributed by atoms with Crippen LogP contribution in [0.3, 0.4) is 0 Å². The van der Waals surface area contributed by atoms with E-state index in [1.807, 2.05) is 0 Å². The standard InChI is InChI=1S/C12H18N2O4S2/c1-13-8-9(4-5-11(13)15)14(2)20(16,17)12-10(18-3)6-7-19-12/h6-7,9H,4-5,8H2,1-3H3. The second-order valence-corrected chi connectivity index (χ2v) is 7.87. The van der Waals surface area contributed by atoms with Gasteiger partial charge in [0.2, 0.25) is 5.91 Å². The van der Waals surface area contributed by atoms with Gasteiger partial charge in [0, 0.05) is 33.1 Å². The Hall–Kier alpha value is -1.12. The fourth-order valence-corrected chi connectivity index (χ4v) is 5.06. The average Bonchev–Trinajstić information content (AvgIpc) is 2.90. The number of thiophene rings is 1. The Kier molecular flexibility index (Phi) is 4.36. The Morgan fingerprint density at radius 2 is 2.20 bits per heavy atom. The van der Waals surface area contributed by atoms with Crippen LogP contribution in [0.2, 0.25) is 0 Å². The Bertz CT molecular complexity index is 596. The summed E-state index contributed by atoms with van der Waals surface area (Å²) in [5, 5.41) is 1.69. The van der Waals surface area contributed by atoms with Gasteiger partial charge in [0.15, 0.2) is 4.21 Å². The number of ether oxygens (including phenoxy) is 1. The van der Waals surface area contributed by atoms with Gasteiger partial charge in [-0.3, -0.25) is 4.79 Å². The molecule has 1 amide bonds. The highest BCUT2D eigenvalue weighted by molar-refractivity contribution is 7.91. The van der Waals surface area contributed by atoms with Crippen molar-refractivity contribution in [3.63, 3.8) is 0 Å². The topological polar surface area (TPSA) is 66.9 Å². The normalized spacial score (nSPS) is 20.5. The highest BCUT2D eigenvalue weighted by Crippen LogP contribution is 2.33. The van der Waals surface area contributed by atoms with Gasteiger partial charge in [0.25, 0.3) is 10.0 Å². The van der Waals surface area contributed by atoms with Crippen molar-refractivity contribution in [1.29, 1.82) is 0 Å². The third-order valence-electron chi connectivity index (χ3n) is 3.55. The van der Waals surface area contributed by atoms with Crippen molar-refractivity contribution in [3.05, 3.63) is 11.4 Å². The molecule has 1 fully saturated rings. The third-order valence-corrected chi connectivity index (χ3v) is 6.88. The molecule has 0 aromatic carbocycles. The third kappa shape index (κ3) is 2.68. The van der Waals surface area contributed by atoms with Crippen LogP contribution in [0.25, 0.3) is 0 Å². The second kappa shape index (κ2) is 5.71. The van der Waals surface area contributed by atoms with Crippen LogP contribution in [0.15, 0.2) is 15.7 Å². The average molecular weight is 318 g/mol. The van der Waals surface area contributed by atoms with Crippen LogP contribution < -0.4 is 4.74 Å². The minimum absolute atomic E-state index is 0.0563. The summed E-state index contributed by atoms with van der Waals surface area (Å²) < 4.78 is 31.9. The van der Waals surface area contributed by atoms with E-state index < -0.39 is 10.0 Å². The first-order valence-corrected chi connectivity index (χ1v) is 8.53. The van der Waals surface area contributed by atoms with Crippen molar-refractivity contribution in [2.75, 3.05) is 27.7 Å². The van der Waals surface area contributed by atoms with E-state index in [0.29, 0.717) is 25.1 Å². The zero-order chi connectivity index (χ0) is 14.9. The molecule has 1 aromatic rings. The van der Waals surface area contributed by atoms with Crippen molar-refractivity contribution in [1.82, 2.24) is 9.21 Å². The van der Waals surface area contributed by atoms with E-state index in [1.165, 1.54) is 11.4 Å². The number of amides is 1. The fourth-order valence-electron chi connectivity index (χ4n) is 2.24. The number of hydrogen-bond acceptors (Lipinski definition) is 5. The summed E-state index contributed by atoms with van der Waals surface area (Å²) in [6, 6.07) is 1.44. The number of carbonyl (C=O) groups excluding carboxylic acids is 1. The van der Waals surface area contributed by atoms with E-state index in [4.69, 9.17) is 4.74 Å². The molecule has 0 radical (unpaired) electrons. The van der Waals surface area contributed by atoms with Gasteiger partial charge in [-0.1, -0.05) is 0 Å². The molecule has 20 heavy (non-hydrogen) atoms. The lowest BCUT2D eigenvalue weighted by Crippen LogP contribution is -2.49. The minimum atomic E-state index is -3.59. The molecule has 1 unspecified atom stereocenters. The molecule has 112 valence electrons. The molecule has 0 N–H and O–H groups in total. The van der Waals surface area contributed by atoms with Gasteiger partial charge in [-0.2, -0.15) is 4.31 Å². The first-order chi connectivity index (χ1) is 9.37. The Morgan fingerprint density at radius 1 is 1.50 bits per heavy atom. The molecule has 2 heterocycles. The number of likely N-dealkylation sites (N-methyl/N-ethyl adjacent to an activating group) is 2. The molecule has 8 heteroatoms. The molecule has 0 aliphatic carbocycles. The van der Waals surface area contributed by atoms with Gasteiger partial charge in [0.1, 0.15) is 5.75 Å². The van der Waals surface area contributed by atoms with Crippen LogP contribution in [-0.4, -0.2) is 57.3 Å². The molecule has 1 aliphatic heterocycles. The Balaban J connectivity index is 2.24. The van der Waals surface area contributed by atoms with Crippen molar-refractivity contribution in [2.45, 2.75) is 23.1 Å². The first kappa shape index (κ1) is 15.3. The predicted octanol–water partition coefficient (Wildman–Crippen LogP) is 0.998. The van der Waals surface area contributed by atoms with E-state index in [-0.39, 0.29) is 16.2 Å². The summed E-state index contributed by atoms with van der Waals surface area (Å²) in [5.41, 5.74) is 0. The van der Waals surface area contributed by atoms with E-state index in [0.717, 1.165) is 11.3 Å². The van der Waals surface area contributed by atoms with E-state index in [9.17, 15) is 13.2 Å². The summed E-state index contributed by atoms with van der Waals surface area (Å²) in [6.45, 7) is 0.419. The van der Waals surface area contributed by atoms with Crippen molar-refractivity contribution in [2.24, 2.45) is 0 Å². The van der Waals surface area contributed by atoms with Crippen LogP contribution in [-0.2, 0) is 14.8 Å². The summed E-state index contributed by atoms with van der Waals surface area (Å²) in [6.07, 6.45) is 0.926.